The number of rotatable bonds is 2. The van der Waals surface area contributed by atoms with Crippen LogP contribution in [-0.4, -0.2) is 24.7 Å². The van der Waals surface area contributed by atoms with Gasteiger partial charge in [-0.25, -0.2) is 19.3 Å². The normalized spacial score (nSPS) is 15.6. The van der Waals surface area contributed by atoms with E-state index in [1.54, 1.807) is 6.07 Å². The number of hydrogen-bond donors (Lipinski definition) is 0. The second-order valence-corrected chi connectivity index (χ2v) is 6.23. The Morgan fingerprint density at radius 3 is 2.78 bits per heavy atom. The third-order valence-electron chi connectivity index (χ3n) is 4.44. The molecule has 0 spiro atoms. The number of hydrogen-bond acceptors (Lipinski definition) is 4. The third-order valence-corrected chi connectivity index (χ3v) is 4.63. The molecule has 7 heteroatoms. The molecule has 1 saturated carbocycles. The van der Waals surface area contributed by atoms with Crippen LogP contribution in [0.15, 0.2) is 18.3 Å². The zero-order valence-corrected chi connectivity index (χ0v) is 13.4. The van der Waals surface area contributed by atoms with Crippen molar-refractivity contribution in [1.82, 2.24) is 24.7 Å². The van der Waals surface area contributed by atoms with Gasteiger partial charge >= 0.3 is 0 Å². The van der Waals surface area contributed by atoms with E-state index in [4.69, 9.17) is 11.6 Å². The lowest BCUT2D eigenvalue weighted by atomic mass is 10.0. The van der Waals surface area contributed by atoms with Crippen molar-refractivity contribution < 1.29 is 4.39 Å². The molecule has 23 heavy (non-hydrogen) atoms. The highest BCUT2D eigenvalue weighted by atomic mass is 35.5. The Kier molecular flexibility index (Phi) is 3.49. The summed E-state index contributed by atoms with van der Waals surface area (Å²) in [7, 11) is 1.94. The van der Waals surface area contributed by atoms with Gasteiger partial charge in [-0.1, -0.05) is 12.8 Å². The fourth-order valence-electron chi connectivity index (χ4n) is 3.44. The molecule has 0 N–H and O–H groups in total. The van der Waals surface area contributed by atoms with Crippen molar-refractivity contribution in [2.45, 2.75) is 31.6 Å². The van der Waals surface area contributed by atoms with Crippen LogP contribution in [0.1, 0.15) is 37.3 Å². The van der Waals surface area contributed by atoms with Gasteiger partial charge in [0.15, 0.2) is 11.5 Å². The molecule has 3 aromatic heterocycles. The minimum absolute atomic E-state index is 0.00374. The standard InChI is InChI=1S/C16H15ClFN5/c1-23-14(9-4-2-3-5-9)10-6-7-12(20-15(10)22-23)13-11(18)8-19-16(17)21-13/h6-9H,2-5H2,1H3. The Hall–Kier alpha value is -2.08. The summed E-state index contributed by atoms with van der Waals surface area (Å²) in [6, 6.07) is 3.72. The van der Waals surface area contributed by atoms with E-state index in [0.29, 0.717) is 17.3 Å². The highest BCUT2D eigenvalue weighted by Crippen LogP contribution is 2.37. The van der Waals surface area contributed by atoms with Gasteiger partial charge in [-0.3, -0.25) is 4.68 Å². The molecule has 0 unspecified atom stereocenters. The number of nitrogens with zero attached hydrogens (tertiary/aromatic N) is 5. The molecule has 1 fully saturated rings. The maximum absolute atomic E-state index is 13.9. The molecule has 4 rings (SSSR count). The smallest absolute Gasteiger partial charge is 0.223 e. The van der Waals surface area contributed by atoms with Crippen molar-refractivity contribution in [2.75, 3.05) is 0 Å². The lowest BCUT2D eigenvalue weighted by Gasteiger charge is -2.09. The molecule has 0 atom stereocenters. The van der Waals surface area contributed by atoms with Crippen molar-refractivity contribution in [2.24, 2.45) is 7.05 Å². The Morgan fingerprint density at radius 2 is 2.00 bits per heavy atom. The van der Waals surface area contributed by atoms with E-state index < -0.39 is 5.82 Å². The molecule has 0 radical (unpaired) electrons. The van der Waals surface area contributed by atoms with Crippen LogP contribution in [0.2, 0.25) is 5.28 Å². The highest BCUT2D eigenvalue weighted by molar-refractivity contribution is 6.28. The van der Waals surface area contributed by atoms with Gasteiger partial charge in [-0.05, 0) is 36.6 Å². The Labute approximate surface area is 137 Å². The monoisotopic (exact) mass is 331 g/mol. The van der Waals surface area contributed by atoms with E-state index in [0.717, 1.165) is 11.6 Å². The predicted molar refractivity (Wildman–Crippen MR) is 85.7 cm³/mol. The van der Waals surface area contributed by atoms with E-state index in [-0.39, 0.29) is 11.0 Å². The molecule has 1 aliphatic carbocycles. The van der Waals surface area contributed by atoms with Crippen LogP contribution >= 0.6 is 11.6 Å². The minimum Gasteiger partial charge on any atom is -0.270 e. The first kappa shape index (κ1) is 14.5. The van der Waals surface area contributed by atoms with E-state index in [1.165, 1.54) is 31.4 Å². The van der Waals surface area contributed by atoms with Crippen LogP contribution in [0.4, 0.5) is 4.39 Å². The van der Waals surface area contributed by atoms with Gasteiger partial charge in [-0.15, -0.1) is 0 Å². The second kappa shape index (κ2) is 5.53. The van der Waals surface area contributed by atoms with E-state index >= 15 is 0 Å². The molecule has 5 nitrogen and oxygen atoms in total. The van der Waals surface area contributed by atoms with E-state index in [9.17, 15) is 4.39 Å². The molecule has 0 amide bonds. The zero-order chi connectivity index (χ0) is 16.0. The van der Waals surface area contributed by atoms with Gasteiger partial charge in [0.1, 0.15) is 5.69 Å². The topological polar surface area (TPSA) is 56.5 Å². The molecule has 0 saturated heterocycles. The first-order chi connectivity index (χ1) is 11.1. The van der Waals surface area contributed by atoms with Crippen LogP contribution in [0.3, 0.4) is 0 Å². The van der Waals surface area contributed by atoms with Crippen LogP contribution < -0.4 is 0 Å². The second-order valence-electron chi connectivity index (χ2n) is 5.89. The maximum atomic E-state index is 13.9. The number of fused-ring (bicyclic) bond motifs is 1. The minimum atomic E-state index is -0.548. The molecule has 0 bridgehead atoms. The van der Waals surface area contributed by atoms with Crippen molar-refractivity contribution in [3.05, 3.63) is 35.1 Å². The Bertz CT molecular complexity index is 886. The average Bonchev–Trinajstić information content (AvgIpc) is 3.15. The van der Waals surface area contributed by atoms with Gasteiger partial charge in [-0.2, -0.15) is 5.10 Å². The van der Waals surface area contributed by atoms with Crippen LogP contribution in [0, 0.1) is 5.82 Å². The summed E-state index contributed by atoms with van der Waals surface area (Å²) in [6.45, 7) is 0. The summed E-state index contributed by atoms with van der Waals surface area (Å²) in [6.07, 6.45) is 5.94. The molecule has 0 aliphatic heterocycles. The molecular weight excluding hydrogens is 317 g/mol. The van der Waals surface area contributed by atoms with Gasteiger partial charge in [0.2, 0.25) is 5.28 Å². The van der Waals surface area contributed by atoms with Crippen LogP contribution in [-0.2, 0) is 7.05 Å². The lowest BCUT2D eigenvalue weighted by Crippen LogP contribution is -2.02. The van der Waals surface area contributed by atoms with E-state index in [2.05, 4.69) is 20.1 Å². The van der Waals surface area contributed by atoms with Crippen LogP contribution in [0.5, 0.6) is 0 Å². The van der Waals surface area contributed by atoms with Gasteiger partial charge < -0.3 is 0 Å². The fourth-order valence-corrected chi connectivity index (χ4v) is 3.57. The van der Waals surface area contributed by atoms with Crippen molar-refractivity contribution in [3.63, 3.8) is 0 Å². The molecular formula is C16H15ClFN5. The molecule has 3 heterocycles. The number of aromatic nitrogens is 5. The maximum Gasteiger partial charge on any atom is 0.223 e. The number of halogens is 2. The first-order valence-electron chi connectivity index (χ1n) is 7.65. The SMILES string of the molecule is Cn1nc2nc(-c3nc(Cl)ncc3F)ccc2c1C1CCCC1. The summed E-state index contributed by atoms with van der Waals surface area (Å²) in [5.41, 5.74) is 2.34. The van der Waals surface area contributed by atoms with Crippen molar-refractivity contribution in [1.29, 1.82) is 0 Å². The largest absolute Gasteiger partial charge is 0.270 e. The van der Waals surface area contributed by atoms with Gasteiger partial charge in [0, 0.05) is 18.4 Å². The summed E-state index contributed by atoms with van der Waals surface area (Å²) < 4.78 is 15.8. The summed E-state index contributed by atoms with van der Waals surface area (Å²) in [5, 5.41) is 5.53. The zero-order valence-electron chi connectivity index (χ0n) is 12.6. The first-order valence-corrected chi connectivity index (χ1v) is 8.03. The third kappa shape index (κ3) is 2.47. The van der Waals surface area contributed by atoms with E-state index in [1.807, 2.05) is 17.8 Å². The van der Waals surface area contributed by atoms with Gasteiger partial charge in [0.05, 0.1) is 17.6 Å². The fraction of sp³-hybridized carbons (Fsp3) is 0.375. The summed E-state index contributed by atoms with van der Waals surface area (Å²) in [5.74, 6) is -0.0175. The molecule has 3 aromatic rings. The highest BCUT2D eigenvalue weighted by Gasteiger charge is 2.24. The Morgan fingerprint density at radius 1 is 1.22 bits per heavy atom. The molecule has 1 aliphatic rings. The number of aryl methyl sites for hydroxylation is 1. The van der Waals surface area contributed by atoms with Crippen molar-refractivity contribution in [3.8, 4) is 11.4 Å². The summed E-state index contributed by atoms with van der Waals surface area (Å²) >= 11 is 5.76. The quantitative estimate of drug-likeness (QED) is 0.669. The van der Waals surface area contributed by atoms with Crippen LogP contribution in [0.25, 0.3) is 22.4 Å². The Balaban J connectivity index is 1.84. The van der Waals surface area contributed by atoms with Gasteiger partial charge in [0.25, 0.3) is 0 Å². The average molecular weight is 332 g/mol. The molecule has 0 aromatic carbocycles. The predicted octanol–water partition coefficient (Wildman–Crippen LogP) is 3.88. The number of pyridine rings is 1. The van der Waals surface area contributed by atoms with Crippen molar-refractivity contribution >= 4 is 22.6 Å². The lowest BCUT2D eigenvalue weighted by molar-refractivity contribution is 0.617. The molecule has 118 valence electrons. The summed E-state index contributed by atoms with van der Waals surface area (Å²) in [4.78, 5) is 12.0.